The van der Waals surface area contributed by atoms with Crippen molar-refractivity contribution in [2.75, 3.05) is 11.9 Å². The van der Waals surface area contributed by atoms with E-state index in [0.29, 0.717) is 30.1 Å². The van der Waals surface area contributed by atoms with Crippen LogP contribution in [0.2, 0.25) is 5.02 Å². The first kappa shape index (κ1) is 23.3. The molecule has 0 atom stereocenters. The van der Waals surface area contributed by atoms with E-state index in [9.17, 15) is 14.4 Å². The van der Waals surface area contributed by atoms with E-state index in [1.807, 2.05) is 54.6 Å². The van der Waals surface area contributed by atoms with E-state index < -0.39 is 0 Å². The molecule has 168 valence electrons. The highest BCUT2D eigenvalue weighted by Gasteiger charge is 2.18. The Kier molecular flexibility index (Phi) is 7.89. The van der Waals surface area contributed by atoms with Crippen molar-refractivity contribution in [2.45, 2.75) is 32.6 Å². The molecule has 1 heterocycles. The van der Waals surface area contributed by atoms with Crippen molar-refractivity contribution < 1.29 is 9.59 Å². The van der Waals surface area contributed by atoms with Crippen LogP contribution in [-0.2, 0) is 23.1 Å². The zero-order valence-corrected chi connectivity index (χ0v) is 19.0. The van der Waals surface area contributed by atoms with Gasteiger partial charge in [0.05, 0.1) is 11.4 Å². The molecule has 0 fully saturated rings. The van der Waals surface area contributed by atoms with Gasteiger partial charge in [0.15, 0.2) is 0 Å². The molecule has 0 aliphatic carbocycles. The first-order valence-electron chi connectivity index (χ1n) is 10.5. The average Bonchev–Trinajstić information content (AvgIpc) is 2.99. The summed E-state index contributed by atoms with van der Waals surface area (Å²) < 4.78 is 3.22. The highest BCUT2D eigenvalue weighted by molar-refractivity contribution is 6.30. The number of rotatable bonds is 9. The lowest BCUT2D eigenvalue weighted by Crippen LogP contribution is -2.26. The van der Waals surface area contributed by atoms with Gasteiger partial charge in [0.25, 0.3) is 5.56 Å². The minimum atomic E-state index is -0.288. The fourth-order valence-corrected chi connectivity index (χ4v) is 3.54. The number of amides is 2. The quantitative estimate of drug-likeness (QED) is 0.518. The van der Waals surface area contributed by atoms with E-state index in [1.54, 1.807) is 18.7 Å². The molecule has 0 aliphatic rings. The zero-order valence-electron chi connectivity index (χ0n) is 18.2. The summed E-state index contributed by atoms with van der Waals surface area (Å²) in [6.07, 6.45) is 1.52. The third kappa shape index (κ3) is 5.88. The van der Waals surface area contributed by atoms with Crippen molar-refractivity contribution in [3.8, 4) is 5.69 Å². The van der Waals surface area contributed by atoms with Crippen LogP contribution in [0.15, 0.2) is 59.4 Å². The normalized spacial score (nSPS) is 10.7. The molecule has 0 spiro atoms. The molecule has 7 nitrogen and oxygen atoms in total. The van der Waals surface area contributed by atoms with Gasteiger partial charge in [-0.05, 0) is 49.6 Å². The molecule has 0 unspecified atom stereocenters. The molecule has 2 N–H and O–H groups in total. The maximum Gasteiger partial charge on any atom is 0.295 e. The van der Waals surface area contributed by atoms with Crippen LogP contribution in [-0.4, -0.2) is 27.7 Å². The Bertz CT molecular complexity index is 1130. The molecule has 0 aliphatic heterocycles. The van der Waals surface area contributed by atoms with Crippen LogP contribution in [0.5, 0.6) is 0 Å². The van der Waals surface area contributed by atoms with E-state index >= 15 is 0 Å². The van der Waals surface area contributed by atoms with Gasteiger partial charge in [-0.25, -0.2) is 4.68 Å². The number of hydrogen-bond donors (Lipinski definition) is 2. The summed E-state index contributed by atoms with van der Waals surface area (Å²) in [5, 5.41) is 6.25. The van der Waals surface area contributed by atoms with Crippen LogP contribution in [0.25, 0.3) is 5.69 Å². The maximum atomic E-state index is 12.8. The highest BCUT2D eigenvalue weighted by atomic mass is 35.5. The summed E-state index contributed by atoms with van der Waals surface area (Å²) in [7, 11) is 1.77. The third-order valence-corrected chi connectivity index (χ3v) is 5.53. The van der Waals surface area contributed by atoms with E-state index in [1.165, 1.54) is 4.68 Å². The molecular weight excluding hydrogens is 428 g/mol. The highest BCUT2D eigenvalue weighted by Crippen LogP contribution is 2.14. The van der Waals surface area contributed by atoms with Crippen molar-refractivity contribution in [3.63, 3.8) is 0 Å². The zero-order chi connectivity index (χ0) is 23.1. The second-order valence-corrected chi connectivity index (χ2v) is 8.00. The van der Waals surface area contributed by atoms with E-state index in [2.05, 4.69) is 10.6 Å². The van der Waals surface area contributed by atoms with Crippen LogP contribution in [0.1, 0.15) is 30.5 Å². The number of carbonyl (C=O) groups excluding carboxylic acids is 2. The molecular formula is C24H27ClN4O3. The summed E-state index contributed by atoms with van der Waals surface area (Å²) in [4.78, 5) is 37.2. The minimum absolute atomic E-state index is 0.103. The Balaban J connectivity index is 1.46. The Labute approximate surface area is 192 Å². The number of carbonyl (C=O) groups is 2. The molecule has 1 aromatic heterocycles. The summed E-state index contributed by atoms with van der Waals surface area (Å²) in [6, 6.07) is 16.7. The second kappa shape index (κ2) is 10.8. The largest absolute Gasteiger partial charge is 0.356 e. The molecule has 0 radical (unpaired) electrons. The average molecular weight is 455 g/mol. The first-order chi connectivity index (χ1) is 15.4. The predicted octanol–water partition coefficient (Wildman–Crippen LogP) is 3.61. The molecule has 3 rings (SSSR count). The standard InChI is InChI=1S/C24H27ClN4O3/c1-17-23(24(32)29(28(17)2)20-7-4-3-5-8-20)27-22(31)10-6-9-21(30)26-16-15-18-11-13-19(25)14-12-18/h3-5,7-8,11-14H,6,9-10,15-16H2,1-2H3,(H,26,30)(H,27,31). The molecule has 32 heavy (non-hydrogen) atoms. The number of hydrogen-bond acceptors (Lipinski definition) is 3. The van der Waals surface area contributed by atoms with Gasteiger partial charge < -0.3 is 10.6 Å². The first-order valence-corrected chi connectivity index (χ1v) is 10.9. The number of anilines is 1. The summed E-state index contributed by atoms with van der Waals surface area (Å²) >= 11 is 5.86. The van der Waals surface area contributed by atoms with Gasteiger partial charge in [-0.3, -0.25) is 19.1 Å². The van der Waals surface area contributed by atoms with Crippen LogP contribution in [0.4, 0.5) is 5.69 Å². The van der Waals surface area contributed by atoms with E-state index in [4.69, 9.17) is 11.6 Å². The van der Waals surface area contributed by atoms with Crippen molar-refractivity contribution in [1.82, 2.24) is 14.7 Å². The van der Waals surface area contributed by atoms with Crippen molar-refractivity contribution in [3.05, 3.63) is 81.2 Å². The van der Waals surface area contributed by atoms with Crippen LogP contribution >= 0.6 is 11.6 Å². The molecule has 0 saturated heterocycles. The number of para-hydroxylation sites is 1. The van der Waals surface area contributed by atoms with Gasteiger partial charge in [-0.2, -0.15) is 0 Å². The fourth-order valence-electron chi connectivity index (χ4n) is 3.41. The van der Waals surface area contributed by atoms with E-state index in [-0.39, 0.29) is 35.9 Å². The maximum absolute atomic E-state index is 12.8. The smallest absolute Gasteiger partial charge is 0.295 e. The van der Waals surface area contributed by atoms with Gasteiger partial charge in [0.1, 0.15) is 5.69 Å². The predicted molar refractivity (Wildman–Crippen MR) is 126 cm³/mol. The Morgan fingerprint density at radius 2 is 1.62 bits per heavy atom. The lowest BCUT2D eigenvalue weighted by molar-refractivity contribution is -0.121. The number of aromatic nitrogens is 2. The summed E-state index contributed by atoms with van der Waals surface area (Å²) in [6.45, 7) is 2.31. The number of halogens is 1. The van der Waals surface area contributed by atoms with Gasteiger partial charge in [0.2, 0.25) is 11.8 Å². The van der Waals surface area contributed by atoms with E-state index in [0.717, 1.165) is 11.3 Å². The second-order valence-electron chi connectivity index (χ2n) is 7.56. The Hall–Kier alpha value is -3.32. The van der Waals surface area contributed by atoms with Crippen LogP contribution in [0.3, 0.4) is 0 Å². The third-order valence-electron chi connectivity index (χ3n) is 5.28. The topological polar surface area (TPSA) is 85.1 Å². The molecule has 0 saturated carbocycles. The molecule has 2 aromatic carbocycles. The Morgan fingerprint density at radius 1 is 0.969 bits per heavy atom. The molecule has 8 heteroatoms. The fraction of sp³-hybridized carbons (Fsp3) is 0.292. The van der Waals surface area contributed by atoms with Crippen LogP contribution in [0, 0.1) is 6.92 Å². The minimum Gasteiger partial charge on any atom is -0.356 e. The number of nitrogens with one attached hydrogen (secondary N) is 2. The molecule has 3 aromatic rings. The van der Waals surface area contributed by atoms with Gasteiger partial charge >= 0.3 is 0 Å². The lowest BCUT2D eigenvalue weighted by Gasteiger charge is -2.07. The summed E-state index contributed by atoms with van der Waals surface area (Å²) in [5.74, 6) is -0.390. The van der Waals surface area contributed by atoms with Crippen molar-refractivity contribution >= 4 is 29.1 Å². The molecule has 2 amide bonds. The molecule has 0 bridgehead atoms. The summed E-state index contributed by atoms with van der Waals surface area (Å²) in [5.41, 5.74) is 2.44. The van der Waals surface area contributed by atoms with Gasteiger partial charge in [-0.1, -0.05) is 41.9 Å². The Morgan fingerprint density at radius 3 is 2.31 bits per heavy atom. The van der Waals surface area contributed by atoms with Gasteiger partial charge in [-0.15, -0.1) is 0 Å². The SMILES string of the molecule is Cc1c(NC(=O)CCCC(=O)NCCc2ccc(Cl)cc2)c(=O)n(-c2ccccc2)n1C. The van der Waals surface area contributed by atoms with Crippen molar-refractivity contribution in [2.24, 2.45) is 7.05 Å². The number of nitrogens with zero attached hydrogens (tertiary/aromatic N) is 2. The van der Waals surface area contributed by atoms with Crippen LogP contribution < -0.4 is 16.2 Å². The van der Waals surface area contributed by atoms with Crippen molar-refractivity contribution in [1.29, 1.82) is 0 Å². The van der Waals surface area contributed by atoms with Gasteiger partial charge in [0, 0.05) is 31.5 Å². The lowest BCUT2D eigenvalue weighted by atomic mass is 10.1. The number of benzene rings is 2. The monoisotopic (exact) mass is 454 g/mol.